The van der Waals surface area contributed by atoms with E-state index in [1.165, 1.54) is 10.1 Å². The Morgan fingerprint density at radius 2 is 2.29 bits per heavy atom. The molecule has 1 amide bonds. The van der Waals surface area contributed by atoms with Crippen LogP contribution in [0.15, 0.2) is 29.6 Å². The first kappa shape index (κ1) is 9.18. The van der Waals surface area contributed by atoms with E-state index in [0.29, 0.717) is 6.42 Å². The summed E-state index contributed by atoms with van der Waals surface area (Å²) in [6, 6.07) is 8.04. The van der Waals surface area contributed by atoms with Gasteiger partial charge in [-0.15, -0.1) is 11.3 Å². The number of nitrogens with two attached hydrogens (primary N) is 1. The number of benzene rings is 1. The van der Waals surface area contributed by atoms with Crippen LogP contribution in [0, 0.1) is 0 Å². The molecule has 1 aromatic carbocycles. The van der Waals surface area contributed by atoms with Gasteiger partial charge in [-0.1, -0.05) is 6.07 Å². The molecular weight excluding hydrogens is 196 g/mol. The summed E-state index contributed by atoms with van der Waals surface area (Å²) in [5, 5.41) is 3.22. The second kappa shape index (κ2) is 3.77. The van der Waals surface area contributed by atoms with Gasteiger partial charge in [0.15, 0.2) is 0 Å². The van der Waals surface area contributed by atoms with Crippen molar-refractivity contribution in [3.63, 3.8) is 0 Å². The van der Waals surface area contributed by atoms with Crippen LogP contribution in [0.25, 0.3) is 10.1 Å². The average Bonchev–Trinajstić information content (AvgIpc) is 2.64. The molecule has 0 bridgehead atoms. The molecule has 0 unspecified atom stereocenters. The zero-order valence-corrected chi connectivity index (χ0v) is 8.30. The fourth-order valence-electron chi connectivity index (χ4n) is 1.36. The van der Waals surface area contributed by atoms with Crippen molar-refractivity contribution in [2.75, 3.05) is 0 Å². The molecule has 0 radical (unpaired) electrons. The first-order valence-electron chi connectivity index (χ1n) is 4.25. The number of fused-ring (bicyclic) bond motifs is 1. The van der Waals surface area contributed by atoms with Gasteiger partial charge in [0.25, 0.3) is 0 Å². The minimum Gasteiger partial charge on any atom is -0.294 e. The summed E-state index contributed by atoms with van der Waals surface area (Å²) in [6.45, 7) is 0. The van der Waals surface area contributed by atoms with Crippen LogP contribution in [-0.2, 0) is 11.2 Å². The largest absolute Gasteiger partial charge is 0.294 e. The Hall–Kier alpha value is -1.39. The third-order valence-corrected chi connectivity index (χ3v) is 2.94. The van der Waals surface area contributed by atoms with Gasteiger partial charge < -0.3 is 0 Å². The number of nitrogens with one attached hydrogen (secondary N) is 1. The quantitative estimate of drug-likeness (QED) is 0.444. The Balaban J connectivity index is 2.30. The highest BCUT2D eigenvalue weighted by Crippen LogP contribution is 2.21. The predicted molar refractivity (Wildman–Crippen MR) is 57.9 cm³/mol. The van der Waals surface area contributed by atoms with Gasteiger partial charge in [0.2, 0.25) is 5.91 Å². The average molecular weight is 206 g/mol. The molecule has 0 spiro atoms. The molecule has 3 N–H and O–H groups in total. The van der Waals surface area contributed by atoms with E-state index in [0.717, 1.165) is 5.56 Å². The summed E-state index contributed by atoms with van der Waals surface area (Å²) in [6.07, 6.45) is 0.336. The van der Waals surface area contributed by atoms with Gasteiger partial charge in [-0.05, 0) is 34.5 Å². The number of thiophene rings is 1. The van der Waals surface area contributed by atoms with Crippen LogP contribution < -0.4 is 11.3 Å². The van der Waals surface area contributed by atoms with Crippen molar-refractivity contribution < 1.29 is 4.79 Å². The normalized spacial score (nSPS) is 10.4. The number of hydrogen-bond acceptors (Lipinski definition) is 3. The lowest BCUT2D eigenvalue weighted by molar-refractivity contribution is -0.120. The zero-order valence-electron chi connectivity index (χ0n) is 7.49. The van der Waals surface area contributed by atoms with Crippen LogP contribution in [0.5, 0.6) is 0 Å². The Morgan fingerprint density at radius 1 is 1.43 bits per heavy atom. The highest BCUT2D eigenvalue weighted by molar-refractivity contribution is 7.17. The molecule has 0 atom stereocenters. The van der Waals surface area contributed by atoms with Crippen molar-refractivity contribution in [1.82, 2.24) is 5.43 Å². The summed E-state index contributed by atoms with van der Waals surface area (Å²) < 4.78 is 1.24. The summed E-state index contributed by atoms with van der Waals surface area (Å²) in [5.41, 5.74) is 3.10. The first-order valence-corrected chi connectivity index (χ1v) is 5.13. The number of hydrogen-bond donors (Lipinski definition) is 2. The van der Waals surface area contributed by atoms with Crippen LogP contribution in [0.1, 0.15) is 5.56 Å². The predicted octanol–water partition coefficient (Wildman–Crippen LogP) is 1.43. The zero-order chi connectivity index (χ0) is 9.97. The van der Waals surface area contributed by atoms with Gasteiger partial charge in [0, 0.05) is 4.70 Å². The van der Waals surface area contributed by atoms with Crippen molar-refractivity contribution in [2.24, 2.45) is 5.84 Å². The molecule has 0 aliphatic heterocycles. The van der Waals surface area contributed by atoms with E-state index in [2.05, 4.69) is 5.43 Å². The summed E-state index contributed by atoms with van der Waals surface area (Å²) >= 11 is 1.70. The lowest BCUT2D eigenvalue weighted by Gasteiger charge is -1.99. The molecule has 0 aliphatic carbocycles. The molecule has 1 aromatic heterocycles. The third-order valence-electron chi connectivity index (χ3n) is 2.04. The van der Waals surface area contributed by atoms with E-state index in [4.69, 9.17) is 5.84 Å². The molecule has 2 aromatic rings. The maximum Gasteiger partial charge on any atom is 0.238 e. The number of carbonyl (C=O) groups excluding carboxylic acids is 1. The van der Waals surface area contributed by atoms with Gasteiger partial charge in [-0.3, -0.25) is 10.2 Å². The monoisotopic (exact) mass is 206 g/mol. The van der Waals surface area contributed by atoms with Crippen LogP contribution in [0.3, 0.4) is 0 Å². The Bertz CT molecular complexity index is 464. The molecule has 3 nitrogen and oxygen atoms in total. The highest BCUT2D eigenvalue weighted by atomic mass is 32.1. The Morgan fingerprint density at radius 3 is 3.07 bits per heavy atom. The summed E-state index contributed by atoms with van der Waals surface area (Å²) in [4.78, 5) is 11.0. The van der Waals surface area contributed by atoms with Gasteiger partial charge in [-0.25, -0.2) is 5.84 Å². The van der Waals surface area contributed by atoms with Gasteiger partial charge in [-0.2, -0.15) is 0 Å². The van der Waals surface area contributed by atoms with Crippen molar-refractivity contribution in [3.8, 4) is 0 Å². The van der Waals surface area contributed by atoms with E-state index >= 15 is 0 Å². The maximum atomic E-state index is 11.0. The van der Waals surface area contributed by atoms with Crippen LogP contribution in [0.2, 0.25) is 0 Å². The third kappa shape index (κ3) is 1.76. The molecule has 72 valence electrons. The molecule has 1 heterocycles. The standard InChI is InChI=1S/C10H10N2OS/c11-12-10(13)6-7-1-2-9-8(5-7)3-4-14-9/h1-5H,6,11H2,(H,12,13). The van der Waals surface area contributed by atoms with E-state index in [1.54, 1.807) is 11.3 Å². The van der Waals surface area contributed by atoms with Crippen molar-refractivity contribution >= 4 is 27.3 Å². The number of hydrazine groups is 1. The maximum absolute atomic E-state index is 11.0. The smallest absolute Gasteiger partial charge is 0.238 e. The lowest BCUT2D eigenvalue weighted by atomic mass is 10.1. The van der Waals surface area contributed by atoms with Crippen LogP contribution in [0.4, 0.5) is 0 Å². The molecule has 4 heteroatoms. The minimum absolute atomic E-state index is 0.167. The Labute approximate surface area is 85.5 Å². The van der Waals surface area contributed by atoms with E-state index in [9.17, 15) is 4.79 Å². The van der Waals surface area contributed by atoms with Crippen molar-refractivity contribution in [1.29, 1.82) is 0 Å². The van der Waals surface area contributed by atoms with Crippen molar-refractivity contribution in [3.05, 3.63) is 35.2 Å². The first-order chi connectivity index (χ1) is 6.79. The van der Waals surface area contributed by atoms with Crippen LogP contribution >= 0.6 is 11.3 Å². The van der Waals surface area contributed by atoms with Crippen LogP contribution in [-0.4, -0.2) is 5.91 Å². The molecule has 0 fully saturated rings. The second-order valence-electron chi connectivity index (χ2n) is 3.04. The van der Waals surface area contributed by atoms with Gasteiger partial charge >= 0.3 is 0 Å². The molecule has 0 aliphatic rings. The molecular formula is C10H10N2OS. The van der Waals surface area contributed by atoms with Gasteiger partial charge in [0.05, 0.1) is 6.42 Å². The lowest BCUT2D eigenvalue weighted by Crippen LogP contribution is -2.31. The molecule has 14 heavy (non-hydrogen) atoms. The summed E-state index contributed by atoms with van der Waals surface area (Å²) in [7, 11) is 0. The molecule has 0 saturated carbocycles. The topological polar surface area (TPSA) is 55.1 Å². The summed E-state index contributed by atoms with van der Waals surface area (Å²) in [5.74, 6) is 4.85. The van der Waals surface area contributed by atoms with Crippen molar-refractivity contribution in [2.45, 2.75) is 6.42 Å². The fraction of sp³-hybridized carbons (Fsp3) is 0.100. The van der Waals surface area contributed by atoms with E-state index in [-0.39, 0.29) is 5.91 Å². The molecule has 2 rings (SSSR count). The number of amides is 1. The van der Waals surface area contributed by atoms with Gasteiger partial charge in [0.1, 0.15) is 0 Å². The molecule has 0 saturated heterocycles. The van der Waals surface area contributed by atoms with E-state index < -0.39 is 0 Å². The fourth-order valence-corrected chi connectivity index (χ4v) is 2.13. The van der Waals surface area contributed by atoms with E-state index in [1.807, 2.05) is 29.6 Å². The SMILES string of the molecule is NNC(=O)Cc1ccc2sccc2c1. The minimum atomic E-state index is -0.167. The number of carbonyl (C=O) groups is 1. The number of rotatable bonds is 2. The Kier molecular flexibility index (Phi) is 2.47. The second-order valence-corrected chi connectivity index (χ2v) is 3.98. The highest BCUT2D eigenvalue weighted by Gasteiger charge is 2.02.